The van der Waals surface area contributed by atoms with Crippen molar-refractivity contribution >= 4 is 11.9 Å². The van der Waals surface area contributed by atoms with Crippen molar-refractivity contribution in [3.05, 3.63) is 46.0 Å². The van der Waals surface area contributed by atoms with Gasteiger partial charge < -0.3 is 9.64 Å². The molecule has 1 aromatic rings. The molecule has 0 bridgehead atoms. The van der Waals surface area contributed by atoms with Crippen molar-refractivity contribution in [1.82, 2.24) is 4.90 Å². The number of benzene rings is 1. The molecule has 0 aromatic heterocycles. The van der Waals surface area contributed by atoms with Crippen LogP contribution in [-0.4, -0.2) is 46.3 Å². The van der Waals surface area contributed by atoms with Gasteiger partial charge in [0.15, 0.2) is 0 Å². The third-order valence-electron chi connectivity index (χ3n) is 6.79. The quantitative estimate of drug-likeness (QED) is 0.358. The normalized spacial score (nSPS) is 29.5. The largest absolute Gasteiger partial charge is 0.464 e. The Kier molecular flexibility index (Phi) is 7.10. The SMILES string of the molecule is CCOC(=O)[C@@H]1[C@@H](C(C)(C)C)[C@H]([N+](=O)[O-])[C@H](c2ccccc2)N1C(=O)[C@H]1CCCC(F)(F)C1. The lowest BCUT2D eigenvalue weighted by atomic mass is 9.73. The molecule has 182 valence electrons. The predicted molar refractivity (Wildman–Crippen MR) is 117 cm³/mol. The molecule has 3 rings (SSSR count). The number of carbonyl (C=O) groups is 2. The number of hydrogen-bond donors (Lipinski definition) is 0. The van der Waals surface area contributed by atoms with Crippen LogP contribution in [0.4, 0.5) is 8.78 Å². The number of carbonyl (C=O) groups excluding carboxylic acids is 2. The zero-order valence-corrected chi connectivity index (χ0v) is 19.5. The van der Waals surface area contributed by atoms with Gasteiger partial charge in [-0.15, -0.1) is 0 Å². The summed E-state index contributed by atoms with van der Waals surface area (Å²) in [6.45, 7) is 7.00. The second kappa shape index (κ2) is 9.35. The summed E-state index contributed by atoms with van der Waals surface area (Å²) in [4.78, 5) is 40.2. The summed E-state index contributed by atoms with van der Waals surface area (Å²) in [6.07, 6.45) is -0.477. The monoisotopic (exact) mass is 466 g/mol. The van der Waals surface area contributed by atoms with Crippen LogP contribution in [0.5, 0.6) is 0 Å². The summed E-state index contributed by atoms with van der Waals surface area (Å²) in [6, 6.07) is 4.89. The second-order valence-corrected chi connectivity index (χ2v) is 10.1. The first-order valence-electron chi connectivity index (χ1n) is 11.4. The molecule has 9 heteroatoms. The van der Waals surface area contributed by atoms with Crippen LogP contribution >= 0.6 is 0 Å². The number of hydrogen-bond acceptors (Lipinski definition) is 5. The van der Waals surface area contributed by atoms with Crippen molar-refractivity contribution in [2.45, 2.75) is 77.4 Å². The molecule has 1 heterocycles. The number of nitrogens with zero attached hydrogens (tertiary/aromatic N) is 2. The first kappa shape index (κ1) is 25.1. The van der Waals surface area contributed by atoms with Crippen LogP contribution < -0.4 is 0 Å². The molecule has 0 N–H and O–H groups in total. The molecule has 33 heavy (non-hydrogen) atoms. The topological polar surface area (TPSA) is 89.8 Å². The summed E-state index contributed by atoms with van der Waals surface area (Å²) >= 11 is 0. The molecule has 0 unspecified atom stereocenters. The maximum Gasteiger partial charge on any atom is 0.329 e. The Labute approximate surface area is 192 Å². The smallest absolute Gasteiger partial charge is 0.329 e. The molecule has 2 fully saturated rings. The summed E-state index contributed by atoms with van der Waals surface area (Å²) in [5.74, 6) is -6.24. The molecule has 1 aliphatic carbocycles. The molecule has 1 amide bonds. The van der Waals surface area contributed by atoms with E-state index in [4.69, 9.17) is 4.74 Å². The summed E-state index contributed by atoms with van der Waals surface area (Å²) < 4.78 is 33.7. The second-order valence-electron chi connectivity index (χ2n) is 10.1. The van der Waals surface area contributed by atoms with E-state index in [1.54, 1.807) is 58.0 Å². The molecule has 0 radical (unpaired) electrons. The van der Waals surface area contributed by atoms with Gasteiger partial charge in [0.2, 0.25) is 17.9 Å². The van der Waals surface area contributed by atoms with Crippen molar-refractivity contribution in [2.75, 3.05) is 6.61 Å². The van der Waals surface area contributed by atoms with E-state index >= 15 is 0 Å². The summed E-state index contributed by atoms with van der Waals surface area (Å²) in [7, 11) is 0. The van der Waals surface area contributed by atoms with E-state index in [0.717, 1.165) is 0 Å². The third-order valence-corrected chi connectivity index (χ3v) is 6.79. The molecule has 7 nitrogen and oxygen atoms in total. The molecular weight excluding hydrogens is 434 g/mol. The van der Waals surface area contributed by atoms with Gasteiger partial charge in [-0.05, 0) is 30.7 Å². The fourth-order valence-corrected chi connectivity index (χ4v) is 5.49. The average Bonchev–Trinajstić information content (AvgIpc) is 3.10. The van der Waals surface area contributed by atoms with E-state index < -0.39 is 64.5 Å². The van der Waals surface area contributed by atoms with E-state index in [1.807, 2.05) is 0 Å². The van der Waals surface area contributed by atoms with Crippen LogP contribution in [0.25, 0.3) is 0 Å². The van der Waals surface area contributed by atoms with Gasteiger partial charge in [0.05, 0.1) is 12.5 Å². The van der Waals surface area contributed by atoms with Gasteiger partial charge in [-0.3, -0.25) is 14.9 Å². The highest BCUT2D eigenvalue weighted by Gasteiger charge is 2.64. The number of amides is 1. The number of rotatable bonds is 5. The number of nitro groups is 1. The number of likely N-dealkylation sites (tertiary alicyclic amines) is 1. The van der Waals surface area contributed by atoms with E-state index in [2.05, 4.69) is 0 Å². The van der Waals surface area contributed by atoms with Crippen LogP contribution in [0.1, 0.15) is 65.0 Å². The van der Waals surface area contributed by atoms with E-state index in [0.29, 0.717) is 5.56 Å². The third kappa shape index (κ3) is 5.01. The Bertz CT molecular complexity index is 887. The van der Waals surface area contributed by atoms with Gasteiger partial charge in [-0.2, -0.15) is 0 Å². The minimum Gasteiger partial charge on any atom is -0.464 e. The summed E-state index contributed by atoms with van der Waals surface area (Å²) in [5, 5.41) is 12.4. The van der Waals surface area contributed by atoms with Crippen LogP contribution in [0.2, 0.25) is 0 Å². The Balaban J connectivity index is 2.19. The molecule has 5 atom stereocenters. The van der Waals surface area contributed by atoms with Crippen LogP contribution in [0.15, 0.2) is 30.3 Å². The number of alkyl halides is 2. The van der Waals surface area contributed by atoms with Crippen molar-refractivity contribution < 1.29 is 28.0 Å². The van der Waals surface area contributed by atoms with Crippen molar-refractivity contribution in [3.63, 3.8) is 0 Å². The van der Waals surface area contributed by atoms with Crippen molar-refractivity contribution in [2.24, 2.45) is 17.3 Å². The Hall–Kier alpha value is -2.58. The van der Waals surface area contributed by atoms with E-state index in [9.17, 15) is 28.5 Å². The zero-order chi connectivity index (χ0) is 24.6. The molecule has 0 spiro atoms. The zero-order valence-electron chi connectivity index (χ0n) is 19.5. The molecule has 1 aromatic carbocycles. The fraction of sp³-hybridized carbons (Fsp3) is 0.667. The standard InChI is InChI=1S/C24H32F2N2O5/c1-5-33-22(30)20-17(23(2,3)4)19(28(31)32)18(15-10-7-6-8-11-15)27(20)21(29)16-12-9-13-24(25,26)14-16/h6-8,10-11,16-20H,5,9,12-14H2,1-4H3/t16-,17-,18-,19-,20-/m0/s1. The van der Waals surface area contributed by atoms with Gasteiger partial charge in [-0.1, -0.05) is 51.1 Å². The molecule has 1 aliphatic heterocycles. The van der Waals surface area contributed by atoms with E-state index in [-0.39, 0.29) is 25.9 Å². The van der Waals surface area contributed by atoms with Gasteiger partial charge in [0.25, 0.3) is 0 Å². The number of esters is 1. The highest BCUT2D eigenvalue weighted by molar-refractivity contribution is 5.88. The lowest BCUT2D eigenvalue weighted by Gasteiger charge is -2.36. The first-order chi connectivity index (χ1) is 15.4. The maximum absolute atomic E-state index is 14.2. The lowest BCUT2D eigenvalue weighted by molar-refractivity contribution is -0.536. The molecular formula is C24H32F2N2O5. The summed E-state index contributed by atoms with van der Waals surface area (Å²) in [5.41, 5.74) is -0.246. The Morgan fingerprint density at radius 1 is 1.24 bits per heavy atom. The number of halogens is 2. The van der Waals surface area contributed by atoms with Gasteiger partial charge in [0, 0.05) is 23.7 Å². The van der Waals surface area contributed by atoms with Crippen molar-refractivity contribution in [1.29, 1.82) is 0 Å². The Morgan fingerprint density at radius 2 is 1.88 bits per heavy atom. The first-order valence-corrected chi connectivity index (χ1v) is 11.4. The van der Waals surface area contributed by atoms with Crippen LogP contribution in [0.3, 0.4) is 0 Å². The minimum atomic E-state index is -2.98. The maximum atomic E-state index is 14.2. The van der Waals surface area contributed by atoms with Crippen LogP contribution in [0, 0.1) is 27.4 Å². The van der Waals surface area contributed by atoms with Gasteiger partial charge in [-0.25, -0.2) is 13.6 Å². The van der Waals surface area contributed by atoms with Crippen molar-refractivity contribution in [3.8, 4) is 0 Å². The molecule has 1 saturated heterocycles. The Morgan fingerprint density at radius 3 is 2.39 bits per heavy atom. The van der Waals surface area contributed by atoms with Crippen LogP contribution in [-0.2, 0) is 14.3 Å². The average molecular weight is 467 g/mol. The molecule has 1 saturated carbocycles. The van der Waals surface area contributed by atoms with Gasteiger partial charge in [0.1, 0.15) is 12.1 Å². The highest BCUT2D eigenvalue weighted by atomic mass is 19.3. The molecule has 2 aliphatic rings. The fourth-order valence-electron chi connectivity index (χ4n) is 5.49. The minimum absolute atomic E-state index is 0.0366. The van der Waals surface area contributed by atoms with Gasteiger partial charge >= 0.3 is 5.97 Å². The van der Waals surface area contributed by atoms with E-state index in [1.165, 1.54) is 4.90 Å². The highest BCUT2D eigenvalue weighted by Crippen LogP contribution is 2.51. The predicted octanol–water partition coefficient (Wildman–Crippen LogP) is 4.63. The lowest BCUT2D eigenvalue weighted by Crippen LogP contribution is -2.50. The number of ether oxygens (including phenoxy) is 1.